The van der Waals surface area contributed by atoms with Crippen molar-refractivity contribution in [3.8, 4) is 0 Å². The van der Waals surface area contributed by atoms with Gasteiger partial charge in [0.25, 0.3) is 0 Å². The van der Waals surface area contributed by atoms with E-state index in [4.69, 9.17) is 4.74 Å². The Hall–Kier alpha value is -2.12. The van der Waals surface area contributed by atoms with E-state index in [1.165, 1.54) is 0 Å². The number of ether oxygens (including phenoxy) is 1. The van der Waals surface area contributed by atoms with Crippen molar-refractivity contribution in [2.45, 2.75) is 31.2 Å². The van der Waals surface area contributed by atoms with Crippen molar-refractivity contribution in [1.29, 1.82) is 0 Å². The Morgan fingerprint density at radius 1 is 1.35 bits per heavy atom. The number of likely N-dealkylation sites (N-methyl/N-ethyl adjacent to an activating group) is 1. The molecule has 2 heterocycles. The summed E-state index contributed by atoms with van der Waals surface area (Å²) in [7, 11) is 5.79. The van der Waals surface area contributed by atoms with E-state index < -0.39 is 0 Å². The van der Waals surface area contributed by atoms with E-state index in [2.05, 4.69) is 10.2 Å². The van der Waals surface area contributed by atoms with Crippen molar-refractivity contribution in [1.82, 2.24) is 15.1 Å². The van der Waals surface area contributed by atoms with Crippen LogP contribution < -0.4 is 10.2 Å². The van der Waals surface area contributed by atoms with Gasteiger partial charge in [0.2, 0.25) is 5.91 Å². The smallest absolute Gasteiger partial charge is 0.325 e. The standard InChI is InChI=1S/C19H26N4O3/c1-21(2)17-16(13-8-9-26-18(13)17)20-15(24)11-23-14-7-5-4-6-12(14)10-22(3)19(23)25/h4-7,13,16-18H,8-11H2,1-3H3,(H,20,24)/t13-,16+,17-,18-/m1/s1. The molecule has 1 N–H and O–H groups in total. The topological polar surface area (TPSA) is 65.1 Å². The van der Waals surface area contributed by atoms with E-state index >= 15 is 0 Å². The second-order valence-corrected chi connectivity index (χ2v) is 7.69. The number of anilines is 1. The van der Waals surface area contributed by atoms with Gasteiger partial charge in [0.15, 0.2) is 0 Å². The molecule has 1 aromatic rings. The number of carbonyl (C=O) groups is 2. The van der Waals surface area contributed by atoms with Crippen LogP contribution in [-0.4, -0.2) is 74.2 Å². The summed E-state index contributed by atoms with van der Waals surface area (Å²) in [6.07, 6.45) is 1.19. The molecule has 0 bridgehead atoms. The van der Waals surface area contributed by atoms with Gasteiger partial charge in [-0.25, -0.2) is 4.79 Å². The quantitative estimate of drug-likeness (QED) is 0.868. The van der Waals surface area contributed by atoms with E-state index in [-0.39, 0.29) is 36.7 Å². The summed E-state index contributed by atoms with van der Waals surface area (Å²) in [5, 5.41) is 3.16. The lowest BCUT2D eigenvalue weighted by molar-refractivity contribution is -0.126. The normalized spacial score (nSPS) is 30.1. The molecule has 0 radical (unpaired) electrons. The molecule has 3 aliphatic rings. The van der Waals surface area contributed by atoms with Crippen LogP contribution in [0.3, 0.4) is 0 Å². The van der Waals surface area contributed by atoms with Crippen molar-refractivity contribution in [2.24, 2.45) is 5.92 Å². The monoisotopic (exact) mass is 358 g/mol. The highest BCUT2D eigenvalue weighted by molar-refractivity contribution is 5.99. The van der Waals surface area contributed by atoms with E-state index in [0.29, 0.717) is 12.5 Å². The number of rotatable bonds is 4. The third-order valence-electron chi connectivity index (χ3n) is 5.82. The molecule has 0 spiro atoms. The zero-order valence-electron chi connectivity index (χ0n) is 15.5. The first-order valence-electron chi connectivity index (χ1n) is 9.15. The molecule has 3 amide bonds. The number of fused-ring (bicyclic) bond motifs is 2. The molecule has 1 aromatic carbocycles. The Labute approximate surface area is 153 Å². The molecule has 2 fully saturated rings. The number of hydrogen-bond donors (Lipinski definition) is 1. The zero-order valence-corrected chi connectivity index (χ0v) is 15.5. The molecule has 4 atom stereocenters. The number of nitrogens with one attached hydrogen (secondary N) is 1. The Morgan fingerprint density at radius 3 is 2.88 bits per heavy atom. The Morgan fingerprint density at radius 2 is 2.12 bits per heavy atom. The molecule has 7 nitrogen and oxygen atoms in total. The fraction of sp³-hybridized carbons (Fsp3) is 0.579. The van der Waals surface area contributed by atoms with Crippen LogP contribution in [0.15, 0.2) is 24.3 Å². The van der Waals surface area contributed by atoms with Crippen LogP contribution in [0.4, 0.5) is 10.5 Å². The average Bonchev–Trinajstić information content (AvgIpc) is 3.00. The summed E-state index contributed by atoms with van der Waals surface area (Å²) in [4.78, 5) is 30.7. The summed E-state index contributed by atoms with van der Waals surface area (Å²) < 4.78 is 5.80. The minimum atomic E-state index is -0.140. The SMILES string of the molecule is CN1Cc2ccccc2N(CC(=O)N[C@H]2[C@H]3CCO[C@H]3[C@@H]2N(C)C)C1=O. The highest BCUT2D eigenvalue weighted by atomic mass is 16.5. The van der Waals surface area contributed by atoms with Crippen LogP contribution in [0.1, 0.15) is 12.0 Å². The van der Waals surface area contributed by atoms with E-state index in [1.807, 2.05) is 38.4 Å². The number of amides is 3. The van der Waals surface area contributed by atoms with Gasteiger partial charge in [-0.05, 0) is 32.1 Å². The molecular weight excluding hydrogens is 332 g/mol. The largest absolute Gasteiger partial charge is 0.376 e. The third kappa shape index (κ3) is 2.75. The number of benzene rings is 1. The summed E-state index contributed by atoms with van der Waals surface area (Å²) in [5.41, 5.74) is 1.88. The van der Waals surface area contributed by atoms with Gasteiger partial charge >= 0.3 is 6.03 Å². The lowest BCUT2D eigenvalue weighted by Gasteiger charge is -2.50. The van der Waals surface area contributed by atoms with Gasteiger partial charge in [-0.2, -0.15) is 0 Å². The number of para-hydroxylation sites is 1. The molecule has 26 heavy (non-hydrogen) atoms. The number of nitrogens with zero attached hydrogens (tertiary/aromatic N) is 3. The molecule has 140 valence electrons. The van der Waals surface area contributed by atoms with Crippen LogP contribution in [0.5, 0.6) is 0 Å². The Bertz CT molecular complexity index is 722. The zero-order chi connectivity index (χ0) is 18.4. The third-order valence-corrected chi connectivity index (χ3v) is 5.82. The molecule has 2 aliphatic heterocycles. The maximum Gasteiger partial charge on any atom is 0.325 e. The van der Waals surface area contributed by atoms with E-state index in [1.54, 1.807) is 16.8 Å². The molecule has 1 saturated carbocycles. The number of urea groups is 1. The predicted octanol–water partition coefficient (Wildman–Crippen LogP) is 0.892. The second kappa shape index (κ2) is 6.55. The van der Waals surface area contributed by atoms with Gasteiger partial charge in [-0.3, -0.25) is 9.69 Å². The maximum absolute atomic E-state index is 12.8. The molecule has 0 unspecified atom stereocenters. The Balaban J connectivity index is 1.47. The van der Waals surface area contributed by atoms with Crippen molar-refractivity contribution in [3.05, 3.63) is 29.8 Å². The lowest BCUT2D eigenvalue weighted by atomic mass is 9.71. The number of hydrogen-bond acceptors (Lipinski definition) is 4. The summed E-state index contributed by atoms with van der Waals surface area (Å²) in [6, 6.07) is 7.89. The molecule has 0 aromatic heterocycles. The Kier molecular flexibility index (Phi) is 4.36. The molecule has 1 saturated heterocycles. The van der Waals surface area contributed by atoms with Gasteiger partial charge in [-0.15, -0.1) is 0 Å². The predicted molar refractivity (Wildman–Crippen MR) is 97.9 cm³/mol. The van der Waals surface area contributed by atoms with E-state index in [9.17, 15) is 9.59 Å². The van der Waals surface area contributed by atoms with E-state index in [0.717, 1.165) is 24.3 Å². The van der Waals surface area contributed by atoms with Crippen LogP contribution in [0.2, 0.25) is 0 Å². The fourth-order valence-corrected chi connectivity index (χ4v) is 4.55. The molecular formula is C19H26N4O3. The molecule has 7 heteroatoms. The summed E-state index contributed by atoms with van der Waals surface area (Å²) in [6.45, 7) is 1.36. The lowest BCUT2D eigenvalue weighted by Crippen LogP contribution is -2.70. The van der Waals surface area contributed by atoms with Crippen LogP contribution in [-0.2, 0) is 16.1 Å². The average molecular weight is 358 g/mol. The summed E-state index contributed by atoms with van der Waals surface area (Å²) in [5.74, 6) is 0.254. The van der Waals surface area contributed by atoms with Gasteiger partial charge < -0.3 is 19.9 Å². The van der Waals surface area contributed by atoms with Crippen LogP contribution in [0.25, 0.3) is 0 Å². The molecule has 4 rings (SSSR count). The molecule has 1 aliphatic carbocycles. The first-order valence-corrected chi connectivity index (χ1v) is 9.15. The minimum Gasteiger partial charge on any atom is -0.376 e. The van der Waals surface area contributed by atoms with Gasteiger partial charge in [0.1, 0.15) is 6.54 Å². The first-order chi connectivity index (χ1) is 12.5. The van der Waals surface area contributed by atoms with Crippen molar-refractivity contribution in [3.63, 3.8) is 0 Å². The highest BCUT2D eigenvalue weighted by Gasteiger charge is 2.55. The highest BCUT2D eigenvalue weighted by Crippen LogP contribution is 2.41. The minimum absolute atomic E-state index is 0.0368. The maximum atomic E-state index is 12.8. The van der Waals surface area contributed by atoms with Gasteiger partial charge in [0, 0.05) is 26.1 Å². The second-order valence-electron chi connectivity index (χ2n) is 7.69. The van der Waals surface area contributed by atoms with Crippen molar-refractivity contribution < 1.29 is 14.3 Å². The van der Waals surface area contributed by atoms with Crippen molar-refractivity contribution >= 4 is 17.6 Å². The van der Waals surface area contributed by atoms with Crippen LogP contribution >= 0.6 is 0 Å². The fourth-order valence-electron chi connectivity index (χ4n) is 4.55. The van der Waals surface area contributed by atoms with Gasteiger partial charge in [-0.1, -0.05) is 18.2 Å². The van der Waals surface area contributed by atoms with Crippen LogP contribution in [0, 0.1) is 5.92 Å². The van der Waals surface area contributed by atoms with Gasteiger partial charge in [0.05, 0.1) is 23.9 Å². The first kappa shape index (κ1) is 17.3. The van der Waals surface area contributed by atoms with Crippen molar-refractivity contribution in [2.75, 3.05) is 39.2 Å². The summed E-state index contributed by atoms with van der Waals surface area (Å²) >= 11 is 0. The number of carbonyl (C=O) groups excluding carboxylic acids is 2.